The van der Waals surface area contributed by atoms with Crippen LogP contribution in [0.25, 0.3) is 0 Å². The van der Waals surface area contributed by atoms with Crippen LogP contribution in [0.5, 0.6) is 11.5 Å². The van der Waals surface area contributed by atoms with Crippen molar-refractivity contribution >= 4 is 23.1 Å². The summed E-state index contributed by atoms with van der Waals surface area (Å²) < 4.78 is 15.8. The fourth-order valence-electron chi connectivity index (χ4n) is 3.41. The molecular weight excluding hydrogens is 398 g/mol. The van der Waals surface area contributed by atoms with E-state index in [2.05, 4.69) is 0 Å². The molecule has 0 saturated heterocycles. The van der Waals surface area contributed by atoms with Gasteiger partial charge in [0.15, 0.2) is 18.1 Å². The number of rotatable bonds is 7. The molecule has 1 aliphatic heterocycles. The first kappa shape index (κ1) is 21.7. The van der Waals surface area contributed by atoms with Gasteiger partial charge in [0.2, 0.25) is 5.78 Å². The van der Waals surface area contributed by atoms with Crippen LogP contribution in [-0.2, 0) is 9.53 Å². The maximum Gasteiger partial charge on any atom is 0.338 e. The van der Waals surface area contributed by atoms with Crippen molar-refractivity contribution in [1.29, 1.82) is 5.26 Å². The molecule has 0 aliphatic carbocycles. The Kier molecular flexibility index (Phi) is 6.46. The van der Waals surface area contributed by atoms with Gasteiger partial charge in [0.1, 0.15) is 17.5 Å². The molecule has 0 fully saturated rings. The van der Waals surface area contributed by atoms with Gasteiger partial charge >= 0.3 is 5.97 Å². The molecule has 1 aliphatic rings. The van der Waals surface area contributed by atoms with E-state index in [1.807, 2.05) is 37.3 Å². The number of benzene rings is 2. The van der Waals surface area contributed by atoms with Crippen molar-refractivity contribution in [1.82, 2.24) is 0 Å². The molecule has 8 nitrogen and oxygen atoms in total. The summed E-state index contributed by atoms with van der Waals surface area (Å²) in [6, 6.07) is 14.1. The zero-order chi connectivity index (χ0) is 22.5. The number of hydrogen-bond acceptors (Lipinski definition) is 8. The van der Waals surface area contributed by atoms with E-state index in [-0.39, 0.29) is 11.1 Å². The second-order valence-corrected chi connectivity index (χ2v) is 6.72. The molecule has 1 heterocycles. The van der Waals surface area contributed by atoms with Crippen molar-refractivity contribution in [3.05, 3.63) is 59.4 Å². The van der Waals surface area contributed by atoms with Crippen molar-refractivity contribution in [3.8, 4) is 17.6 Å². The summed E-state index contributed by atoms with van der Waals surface area (Å²) in [5, 5.41) is 9.65. The van der Waals surface area contributed by atoms with Crippen molar-refractivity contribution in [3.63, 3.8) is 0 Å². The Morgan fingerprint density at radius 2 is 1.68 bits per heavy atom. The topological polar surface area (TPSA) is 92.1 Å². The lowest BCUT2D eigenvalue weighted by Gasteiger charge is -2.19. The lowest BCUT2D eigenvalue weighted by Crippen LogP contribution is -2.27. The Morgan fingerprint density at radius 1 is 1.03 bits per heavy atom. The number of ketones is 1. The smallest absolute Gasteiger partial charge is 0.338 e. The molecule has 0 aromatic heterocycles. The Hall–Kier alpha value is -3.99. The minimum absolute atomic E-state index is 0.0849. The molecule has 2 aromatic rings. The predicted octanol–water partition coefficient (Wildman–Crippen LogP) is 3.14. The van der Waals surface area contributed by atoms with Gasteiger partial charge in [-0.3, -0.25) is 4.79 Å². The van der Waals surface area contributed by atoms with Gasteiger partial charge in [-0.1, -0.05) is 12.1 Å². The van der Waals surface area contributed by atoms with Crippen LogP contribution >= 0.6 is 0 Å². The van der Waals surface area contributed by atoms with E-state index >= 15 is 0 Å². The van der Waals surface area contributed by atoms with Crippen LogP contribution in [0.2, 0.25) is 0 Å². The molecule has 160 valence electrons. The Bertz CT molecular complexity index is 1060. The Balaban J connectivity index is 1.76. The van der Waals surface area contributed by atoms with Crippen LogP contribution in [-0.4, -0.2) is 46.2 Å². The van der Waals surface area contributed by atoms with Crippen molar-refractivity contribution < 1.29 is 23.8 Å². The van der Waals surface area contributed by atoms with E-state index in [0.29, 0.717) is 23.9 Å². The van der Waals surface area contributed by atoms with Crippen LogP contribution in [0.4, 0.5) is 11.4 Å². The summed E-state index contributed by atoms with van der Waals surface area (Å²) in [7, 11) is 5.02. The summed E-state index contributed by atoms with van der Waals surface area (Å²) in [6.07, 6.45) is 0. The third-order valence-electron chi connectivity index (χ3n) is 4.89. The zero-order valence-corrected chi connectivity index (χ0v) is 17.8. The number of para-hydroxylation sites is 2. The molecule has 0 saturated carbocycles. The third-order valence-corrected chi connectivity index (χ3v) is 4.89. The monoisotopic (exact) mass is 421 g/mol. The van der Waals surface area contributed by atoms with Gasteiger partial charge in [0, 0.05) is 14.1 Å². The zero-order valence-electron chi connectivity index (χ0n) is 17.8. The first-order chi connectivity index (χ1) is 14.9. The van der Waals surface area contributed by atoms with Gasteiger partial charge in [-0.05, 0) is 37.3 Å². The lowest BCUT2D eigenvalue weighted by molar-refractivity contribution is -0.118. The number of fused-ring (bicyclic) bond motifs is 1. The molecule has 0 N–H and O–H groups in total. The summed E-state index contributed by atoms with van der Waals surface area (Å²) in [6.45, 7) is 1.73. The predicted molar refractivity (Wildman–Crippen MR) is 115 cm³/mol. The molecule has 2 aromatic carbocycles. The summed E-state index contributed by atoms with van der Waals surface area (Å²) >= 11 is 0. The summed E-state index contributed by atoms with van der Waals surface area (Å²) in [4.78, 5) is 28.7. The lowest BCUT2D eigenvalue weighted by atomic mass is 10.1. The Morgan fingerprint density at radius 3 is 2.23 bits per heavy atom. The standard InChI is InChI=1S/C23H23N3O5/c1-5-30-20-11-10-15(12-21(20)29-4)23(28)31-14-19(27)16(13-24)22-25(2)17-8-6-7-9-18(17)26(22)3/h6-12H,5,14H2,1-4H3. The quantitative estimate of drug-likeness (QED) is 0.383. The number of methoxy groups -OCH3 is 1. The maximum atomic E-state index is 12.7. The van der Waals surface area contributed by atoms with Gasteiger partial charge in [0.25, 0.3) is 0 Å². The second kappa shape index (κ2) is 9.22. The van der Waals surface area contributed by atoms with Gasteiger partial charge in [-0.25, -0.2) is 4.79 Å². The average Bonchev–Trinajstić information content (AvgIpc) is 3.04. The third kappa shape index (κ3) is 4.16. The van der Waals surface area contributed by atoms with Crippen molar-refractivity contribution in [2.45, 2.75) is 6.92 Å². The fourth-order valence-corrected chi connectivity index (χ4v) is 3.41. The van der Waals surface area contributed by atoms with Crippen LogP contribution in [0.1, 0.15) is 17.3 Å². The van der Waals surface area contributed by atoms with Crippen LogP contribution in [0, 0.1) is 11.3 Å². The van der Waals surface area contributed by atoms with E-state index < -0.39 is 18.4 Å². The van der Waals surface area contributed by atoms with Crippen molar-refractivity contribution in [2.24, 2.45) is 0 Å². The highest BCUT2D eigenvalue weighted by atomic mass is 16.5. The first-order valence-corrected chi connectivity index (χ1v) is 9.64. The number of carbonyl (C=O) groups is 2. The first-order valence-electron chi connectivity index (χ1n) is 9.64. The number of hydrogen-bond donors (Lipinski definition) is 0. The number of Topliss-reactive ketones (excluding diaryl/α,β-unsaturated/α-hetero) is 1. The molecule has 0 spiro atoms. The number of nitrogens with zero attached hydrogens (tertiary/aromatic N) is 3. The van der Waals surface area contributed by atoms with E-state index in [9.17, 15) is 14.9 Å². The van der Waals surface area contributed by atoms with Crippen molar-refractivity contribution in [2.75, 3.05) is 44.2 Å². The van der Waals surface area contributed by atoms with E-state index in [1.54, 1.807) is 30.0 Å². The highest BCUT2D eigenvalue weighted by Crippen LogP contribution is 2.40. The Labute approximate surface area is 180 Å². The molecule has 0 atom stereocenters. The minimum atomic E-state index is -0.701. The molecule has 8 heteroatoms. The second-order valence-electron chi connectivity index (χ2n) is 6.72. The minimum Gasteiger partial charge on any atom is -0.493 e. The molecule has 0 amide bonds. The summed E-state index contributed by atoms with van der Waals surface area (Å²) in [5.74, 6) is 0.0339. The van der Waals surface area contributed by atoms with Crippen LogP contribution < -0.4 is 19.3 Å². The highest BCUT2D eigenvalue weighted by Gasteiger charge is 2.31. The van der Waals surface area contributed by atoms with E-state index in [1.165, 1.54) is 19.2 Å². The number of ether oxygens (including phenoxy) is 3. The largest absolute Gasteiger partial charge is 0.493 e. The van der Waals surface area contributed by atoms with E-state index in [0.717, 1.165) is 11.4 Å². The molecular formula is C23H23N3O5. The van der Waals surface area contributed by atoms with E-state index in [4.69, 9.17) is 14.2 Å². The number of carbonyl (C=O) groups excluding carboxylic acids is 2. The number of esters is 1. The molecule has 3 rings (SSSR count). The molecule has 0 radical (unpaired) electrons. The van der Waals surface area contributed by atoms with Crippen LogP contribution in [0.3, 0.4) is 0 Å². The van der Waals surface area contributed by atoms with Crippen LogP contribution in [0.15, 0.2) is 53.9 Å². The fraction of sp³-hybridized carbons (Fsp3) is 0.261. The average molecular weight is 421 g/mol. The SMILES string of the molecule is CCOc1ccc(C(=O)OCC(=O)C(C#N)=C2N(C)c3ccccc3N2C)cc1OC. The van der Waals surface area contributed by atoms with Gasteiger partial charge < -0.3 is 24.0 Å². The van der Waals surface area contributed by atoms with Gasteiger partial charge in [0.05, 0.1) is 30.7 Å². The number of anilines is 2. The maximum absolute atomic E-state index is 12.7. The number of nitriles is 1. The van der Waals surface area contributed by atoms with Gasteiger partial charge in [-0.2, -0.15) is 5.26 Å². The normalized spacial score (nSPS) is 12.2. The molecule has 31 heavy (non-hydrogen) atoms. The molecule has 0 unspecified atom stereocenters. The molecule has 0 bridgehead atoms. The van der Waals surface area contributed by atoms with Gasteiger partial charge in [-0.15, -0.1) is 0 Å². The summed E-state index contributed by atoms with van der Waals surface area (Å²) in [5.41, 5.74) is 1.87. The highest BCUT2D eigenvalue weighted by molar-refractivity contribution is 6.04.